The van der Waals surface area contributed by atoms with Crippen LogP contribution in [-0.4, -0.2) is 17.0 Å². The third-order valence-electron chi connectivity index (χ3n) is 1.95. The molecule has 1 rings (SSSR count). The van der Waals surface area contributed by atoms with Crippen LogP contribution in [0.3, 0.4) is 0 Å². The zero-order valence-electron chi connectivity index (χ0n) is 8.64. The summed E-state index contributed by atoms with van der Waals surface area (Å²) >= 11 is 0. The van der Waals surface area contributed by atoms with Crippen LogP contribution in [0.5, 0.6) is 0 Å². The van der Waals surface area contributed by atoms with Crippen molar-refractivity contribution in [2.24, 2.45) is 5.92 Å². The van der Waals surface area contributed by atoms with Gasteiger partial charge in [0.25, 0.3) is 0 Å². The topological polar surface area (TPSA) is 63.6 Å². The summed E-state index contributed by atoms with van der Waals surface area (Å²) in [6, 6.07) is 9.11. The number of benzene rings is 1. The van der Waals surface area contributed by atoms with Gasteiger partial charge in [-0.15, -0.1) is 0 Å². The van der Waals surface area contributed by atoms with E-state index >= 15 is 0 Å². The second-order valence-corrected chi connectivity index (χ2v) is 3.15. The molecule has 0 aromatic heterocycles. The zero-order chi connectivity index (χ0) is 11.3. The normalized spacial score (nSPS) is 11.1. The van der Waals surface area contributed by atoms with Crippen molar-refractivity contribution in [1.82, 2.24) is 0 Å². The van der Waals surface area contributed by atoms with Gasteiger partial charge in [-0.1, -0.05) is 30.3 Å². The number of carboxylic acids is 1. The summed E-state index contributed by atoms with van der Waals surface area (Å²) in [7, 11) is 0. The van der Waals surface area contributed by atoms with Gasteiger partial charge in [-0.3, -0.25) is 9.59 Å². The van der Waals surface area contributed by atoms with Crippen LogP contribution in [0.15, 0.2) is 30.3 Å². The van der Waals surface area contributed by atoms with Crippen molar-refractivity contribution < 1.29 is 41.8 Å². The number of carbonyl (C=O) groups is 2. The Hall–Kier alpha value is -1.10. The van der Waals surface area contributed by atoms with Gasteiger partial charge in [-0.2, -0.15) is 0 Å². The van der Waals surface area contributed by atoms with Crippen molar-refractivity contribution in [2.45, 2.75) is 13.5 Å². The molecule has 1 atom stereocenters. The first kappa shape index (κ1) is 14.9. The summed E-state index contributed by atoms with van der Waals surface area (Å²) in [6.07, 6.45) is 0. The minimum Gasteiger partial charge on any atom is -0.481 e. The van der Waals surface area contributed by atoms with Crippen molar-refractivity contribution in [3.8, 4) is 0 Å². The van der Waals surface area contributed by atoms with Crippen LogP contribution in [0.4, 0.5) is 0 Å². The Morgan fingerprint density at radius 2 is 1.88 bits per heavy atom. The standard InChI is InChI=1S/C11H12O4.Ag/c1-8(10(12)13)11(14)15-7-9-5-3-2-4-6-9;/h2-6,8H,7H2,1H3,(H,12,13);/t8-;/m0./s1. The number of hydrogen-bond donors (Lipinski definition) is 1. The van der Waals surface area contributed by atoms with E-state index in [0.717, 1.165) is 5.56 Å². The van der Waals surface area contributed by atoms with E-state index in [9.17, 15) is 9.59 Å². The van der Waals surface area contributed by atoms with Crippen LogP contribution in [0.25, 0.3) is 0 Å². The minimum absolute atomic E-state index is 0. The fourth-order valence-electron chi connectivity index (χ4n) is 0.955. The van der Waals surface area contributed by atoms with E-state index in [1.807, 2.05) is 18.2 Å². The first-order valence-electron chi connectivity index (χ1n) is 4.54. The first-order valence-corrected chi connectivity index (χ1v) is 4.54. The third-order valence-corrected chi connectivity index (χ3v) is 1.95. The van der Waals surface area contributed by atoms with Gasteiger partial charge in [-0.05, 0) is 12.5 Å². The Labute approximate surface area is 109 Å². The second-order valence-electron chi connectivity index (χ2n) is 3.15. The van der Waals surface area contributed by atoms with Crippen molar-refractivity contribution in [3.63, 3.8) is 0 Å². The molecule has 0 aliphatic rings. The molecule has 0 bridgehead atoms. The third kappa shape index (κ3) is 4.61. The molecule has 0 fully saturated rings. The molecule has 0 amide bonds. The smallest absolute Gasteiger partial charge is 0.320 e. The molecule has 0 aliphatic carbocycles. The number of aliphatic carboxylic acids is 1. The maximum Gasteiger partial charge on any atom is 0.320 e. The van der Waals surface area contributed by atoms with E-state index in [2.05, 4.69) is 0 Å². The Morgan fingerprint density at radius 3 is 2.38 bits per heavy atom. The predicted octanol–water partition coefficient (Wildman–Crippen LogP) is 1.45. The molecule has 0 saturated carbocycles. The van der Waals surface area contributed by atoms with Gasteiger partial charge in [0, 0.05) is 22.4 Å². The number of carbonyl (C=O) groups excluding carboxylic acids is 1. The summed E-state index contributed by atoms with van der Waals surface area (Å²) < 4.78 is 4.83. The van der Waals surface area contributed by atoms with Gasteiger partial charge in [0.15, 0.2) is 5.92 Å². The van der Waals surface area contributed by atoms with E-state index in [-0.39, 0.29) is 29.0 Å². The van der Waals surface area contributed by atoms with Gasteiger partial charge < -0.3 is 9.84 Å². The summed E-state index contributed by atoms with van der Waals surface area (Å²) in [6.45, 7) is 1.41. The largest absolute Gasteiger partial charge is 0.481 e. The van der Waals surface area contributed by atoms with E-state index in [1.165, 1.54) is 6.92 Å². The van der Waals surface area contributed by atoms with Crippen LogP contribution in [0, 0.1) is 5.92 Å². The Bertz CT molecular complexity index is 350. The van der Waals surface area contributed by atoms with Crippen LogP contribution in [-0.2, 0) is 43.3 Å². The van der Waals surface area contributed by atoms with Crippen molar-refractivity contribution in [1.29, 1.82) is 0 Å². The van der Waals surface area contributed by atoms with Crippen LogP contribution in [0.2, 0.25) is 0 Å². The molecule has 0 spiro atoms. The van der Waals surface area contributed by atoms with Gasteiger partial charge in [0.1, 0.15) is 6.61 Å². The molecule has 0 saturated heterocycles. The summed E-state index contributed by atoms with van der Waals surface area (Å²) in [4.78, 5) is 21.6. The zero-order valence-corrected chi connectivity index (χ0v) is 10.1. The van der Waals surface area contributed by atoms with Crippen LogP contribution in [0.1, 0.15) is 12.5 Å². The van der Waals surface area contributed by atoms with E-state index in [1.54, 1.807) is 12.1 Å². The van der Waals surface area contributed by atoms with Crippen molar-refractivity contribution in [2.75, 3.05) is 0 Å². The molecule has 5 heteroatoms. The average molecular weight is 316 g/mol. The number of carboxylic acid groups (broad SMARTS) is 1. The molecule has 91 valence electrons. The van der Waals surface area contributed by atoms with Crippen LogP contribution < -0.4 is 0 Å². The minimum atomic E-state index is -1.17. The molecule has 1 radical (unpaired) electrons. The molecular weight excluding hydrogens is 304 g/mol. The van der Waals surface area contributed by atoms with Crippen molar-refractivity contribution >= 4 is 11.9 Å². The number of esters is 1. The Kier molecular flexibility index (Phi) is 6.72. The molecule has 1 aromatic carbocycles. The van der Waals surface area contributed by atoms with E-state index in [0.29, 0.717) is 0 Å². The maximum atomic E-state index is 11.2. The average Bonchev–Trinajstić information content (AvgIpc) is 2.26. The molecule has 0 unspecified atom stereocenters. The maximum absolute atomic E-state index is 11.2. The number of rotatable bonds is 4. The summed E-state index contributed by atoms with van der Waals surface area (Å²) in [5, 5.41) is 8.55. The Morgan fingerprint density at radius 1 is 1.31 bits per heavy atom. The van der Waals surface area contributed by atoms with Crippen molar-refractivity contribution in [3.05, 3.63) is 35.9 Å². The summed E-state index contributed by atoms with van der Waals surface area (Å²) in [5.74, 6) is -3.01. The van der Waals surface area contributed by atoms with Crippen LogP contribution >= 0.6 is 0 Å². The first-order chi connectivity index (χ1) is 7.11. The van der Waals surface area contributed by atoms with E-state index in [4.69, 9.17) is 9.84 Å². The summed E-state index contributed by atoms with van der Waals surface area (Å²) in [5.41, 5.74) is 0.837. The van der Waals surface area contributed by atoms with Gasteiger partial charge >= 0.3 is 11.9 Å². The second kappa shape index (κ2) is 7.22. The molecular formula is C11H12AgO4. The molecule has 1 N–H and O–H groups in total. The SMILES string of the molecule is C[C@@H](C(=O)O)C(=O)OCc1ccccc1.[Ag]. The van der Waals surface area contributed by atoms with Gasteiger partial charge in [0.2, 0.25) is 0 Å². The molecule has 0 aliphatic heterocycles. The predicted molar refractivity (Wildman–Crippen MR) is 53.0 cm³/mol. The molecule has 16 heavy (non-hydrogen) atoms. The number of ether oxygens (including phenoxy) is 1. The molecule has 4 nitrogen and oxygen atoms in total. The number of hydrogen-bond acceptors (Lipinski definition) is 3. The fourth-order valence-corrected chi connectivity index (χ4v) is 0.955. The fraction of sp³-hybridized carbons (Fsp3) is 0.273. The molecule has 0 heterocycles. The quantitative estimate of drug-likeness (QED) is 0.519. The van der Waals surface area contributed by atoms with E-state index < -0.39 is 17.9 Å². The molecule has 1 aromatic rings. The van der Waals surface area contributed by atoms with Gasteiger partial charge in [0.05, 0.1) is 0 Å². The monoisotopic (exact) mass is 315 g/mol. The Balaban J connectivity index is 0.00000225. The van der Waals surface area contributed by atoms with Gasteiger partial charge in [-0.25, -0.2) is 0 Å².